The number of benzene rings is 1. The summed E-state index contributed by atoms with van der Waals surface area (Å²) < 4.78 is 0. The van der Waals surface area contributed by atoms with E-state index in [2.05, 4.69) is 21.3 Å². The standard InChI is InChI=1S/C20H22N4O/c1-15-4-2-5-17(12-15)23-20(25)14-24-10-8-16(9-11-24)19-7-3-6-18(13-21)22-19/h2-7,12,16H,8-11,14H2,1H3,(H,23,25). The van der Waals surface area contributed by atoms with Crippen molar-refractivity contribution in [2.75, 3.05) is 25.0 Å². The number of aryl methyl sites for hydroxylation is 1. The highest BCUT2D eigenvalue weighted by molar-refractivity contribution is 5.92. The van der Waals surface area contributed by atoms with Crippen LogP contribution in [0.15, 0.2) is 42.5 Å². The Balaban J connectivity index is 1.50. The number of anilines is 1. The van der Waals surface area contributed by atoms with E-state index in [-0.39, 0.29) is 5.91 Å². The Bertz CT molecular complexity index is 788. The maximum absolute atomic E-state index is 12.2. The normalized spacial score (nSPS) is 15.5. The average Bonchev–Trinajstić information content (AvgIpc) is 2.62. The molecule has 0 spiro atoms. The van der Waals surface area contributed by atoms with Gasteiger partial charge in [-0.05, 0) is 62.7 Å². The van der Waals surface area contributed by atoms with E-state index in [0.29, 0.717) is 18.2 Å². The Morgan fingerprint density at radius 3 is 2.76 bits per heavy atom. The van der Waals surface area contributed by atoms with Crippen molar-refractivity contribution in [3.63, 3.8) is 0 Å². The number of aromatic nitrogens is 1. The van der Waals surface area contributed by atoms with Crippen molar-refractivity contribution >= 4 is 11.6 Å². The van der Waals surface area contributed by atoms with Crippen LogP contribution in [-0.4, -0.2) is 35.4 Å². The monoisotopic (exact) mass is 334 g/mol. The summed E-state index contributed by atoms with van der Waals surface area (Å²) >= 11 is 0. The zero-order chi connectivity index (χ0) is 17.6. The number of carbonyl (C=O) groups excluding carboxylic acids is 1. The van der Waals surface area contributed by atoms with Gasteiger partial charge in [0.15, 0.2) is 0 Å². The van der Waals surface area contributed by atoms with E-state index in [1.54, 1.807) is 6.07 Å². The average molecular weight is 334 g/mol. The van der Waals surface area contributed by atoms with Gasteiger partial charge in [-0.15, -0.1) is 0 Å². The molecule has 1 aliphatic rings. The molecule has 1 aliphatic heterocycles. The van der Waals surface area contributed by atoms with Gasteiger partial charge in [-0.3, -0.25) is 9.69 Å². The second-order valence-corrected chi connectivity index (χ2v) is 6.53. The van der Waals surface area contributed by atoms with Crippen molar-refractivity contribution in [2.24, 2.45) is 0 Å². The van der Waals surface area contributed by atoms with Gasteiger partial charge in [-0.2, -0.15) is 5.26 Å². The molecule has 1 amide bonds. The van der Waals surface area contributed by atoms with E-state index in [1.807, 2.05) is 43.3 Å². The van der Waals surface area contributed by atoms with Crippen LogP contribution in [-0.2, 0) is 4.79 Å². The first-order chi connectivity index (χ1) is 12.1. The minimum Gasteiger partial charge on any atom is -0.325 e. The molecular weight excluding hydrogens is 312 g/mol. The molecule has 0 radical (unpaired) electrons. The highest BCUT2D eigenvalue weighted by atomic mass is 16.2. The van der Waals surface area contributed by atoms with Crippen LogP contribution < -0.4 is 5.32 Å². The van der Waals surface area contributed by atoms with Gasteiger partial charge < -0.3 is 5.32 Å². The third-order valence-electron chi connectivity index (χ3n) is 4.56. The summed E-state index contributed by atoms with van der Waals surface area (Å²) in [5.74, 6) is 0.387. The molecule has 0 unspecified atom stereocenters. The molecule has 1 aromatic heterocycles. The Labute approximate surface area is 148 Å². The fourth-order valence-corrected chi connectivity index (χ4v) is 3.25. The van der Waals surface area contributed by atoms with E-state index in [4.69, 9.17) is 5.26 Å². The van der Waals surface area contributed by atoms with Gasteiger partial charge in [0.2, 0.25) is 5.91 Å². The summed E-state index contributed by atoms with van der Waals surface area (Å²) in [4.78, 5) is 18.8. The number of amides is 1. The molecule has 5 nitrogen and oxygen atoms in total. The number of rotatable bonds is 4. The van der Waals surface area contributed by atoms with E-state index < -0.39 is 0 Å². The number of hydrogen-bond acceptors (Lipinski definition) is 4. The topological polar surface area (TPSA) is 69.0 Å². The lowest BCUT2D eigenvalue weighted by atomic mass is 9.93. The molecule has 2 heterocycles. The molecule has 1 saturated heterocycles. The highest BCUT2D eigenvalue weighted by Crippen LogP contribution is 2.26. The number of pyridine rings is 1. The number of nitrogens with zero attached hydrogens (tertiary/aromatic N) is 3. The zero-order valence-electron chi connectivity index (χ0n) is 14.4. The molecule has 5 heteroatoms. The number of piperidine rings is 1. The Morgan fingerprint density at radius 2 is 2.04 bits per heavy atom. The van der Waals surface area contributed by atoms with Crippen LogP contribution in [0.2, 0.25) is 0 Å². The molecule has 1 fully saturated rings. The summed E-state index contributed by atoms with van der Waals surface area (Å²) in [6.45, 7) is 4.15. The van der Waals surface area contributed by atoms with Crippen LogP contribution in [0.3, 0.4) is 0 Å². The fraction of sp³-hybridized carbons (Fsp3) is 0.350. The second kappa shape index (κ2) is 7.91. The Hall–Kier alpha value is -2.71. The number of nitrogens with one attached hydrogen (secondary N) is 1. The SMILES string of the molecule is Cc1cccc(NC(=O)CN2CCC(c3cccc(C#N)n3)CC2)c1. The molecule has 1 N–H and O–H groups in total. The van der Waals surface area contributed by atoms with E-state index in [1.165, 1.54) is 0 Å². The van der Waals surface area contributed by atoms with Gasteiger partial charge in [-0.25, -0.2) is 4.98 Å². The zero-order valence-corrected chi connectivity index (χ0v) is 14.4. The van der Waals surface area contributed by atoms with E-state index in [9.17, 15) is 4.79 Å². The number of carbonyl (C=O) groups is 1. The van der Waals surface area contributed by atoms with E-state index >= 15 is 0 Å². The molecular formula is C20H22N4O. The van der Waals surface area contributed by atoms with Crippen LogP contribution in [0, 0.1) is 18.3 Å². The lowest BCUT2D eigenvalue weighted by Crippen LogP contribution is -2.38. The molecule has 1 aromatic carbocycles. The Kier molecular flexibility index (Phi) is 5.42. The van der Waals surface area contributed by atoms with Gasteiger partial charge in [0, 0.05) is 17.3 Å². The first kappa shape index (κ1) is 17.1. The fourth-order valence-electron chi connectivity index (χ4n) is 3.25. The number of hydrogen-bond donors (Lipinski definition) is 1. The van der Waals surface area contributed by atoms with Crippen molar-refractivity contribution in [1.29, 1.82) is 5.26 Å². The predicted molar refractivity (Wildman–Crippen MR) is 97.2 cm³/mol. The van der Waals surface area contributed by atoms with Crippen molar-refractivity contribution in [2.45, 2.75) is 25.7 Å². The summed E-state index contributed by atoms with van der Waals surface area (Å²) in [6.07, 6.45) is 1.92. The molecule has 0 aliphatic carbocycles. The molecule has 0 saturated carbocycles. The second-order valence-electron chi connectivity index (χ2n) is 6.53. The largest absolute Gasteiger partial charge is 0.325 e. The smallest absolute Gasteiger partial charge is 0.238 e. The third kappa shape index (κ3) is 4.65. The molecule has 25 heavy (non-hydrogen) atoms. The summed E-state index contributed by atoms with van der Waals surface area (Å²) in [5, 5.41) is 11.9. The number of nitriles is 1. The molecule has 128 valence electrons. The molecule has 2 aromatic rings. The number of likely N-dealkylation sites (tertiary alicyclic amines) is 1. The van der Waals surface area contributed by atoms with Crippen LogP contribution in [0.25, 0.3) is 0 Å². The van der Waals surface area contributed by atoms with Crippen molar-refractivity contribution in [3.8, 4) is 6.07 Å². The quantitative estimate of drug-likeness (QED) is 0.933. The third-order valence-corrected chi connectivity index (χ3v) is 4.56. The maximum atomic E-state index is 12.2. The van der Waals surface area contributed by atoms with Crippen molar-refractivity contribution < 1.29 is 4.79 Å². The van der Waals surface area contributed by atoms with Gasteiger partial charge in [0.05, 0.1) is 6.54 Å². The lowest BCUT2D eigenvalue weighted by molar-refractivity contribution is -0.117. The van der Waals surface area contributed by atoms with Crippen molar-refractivity contribution in [3.05, 3.63) is 59.4 Å². The summed E-state index contributed by atoms with van der Waals surface area (Å²) in [7, 11) is 0. The molecule has 3 rings (SSSR count). The minimum atomic E-state index is 0.0219. The first-order valence-electron chi connectivity index (χ1n) is 8.60. The molecule has 0 bridgehead atoms. The van der Waals surface area contributed by atoms with Crippen LogP contribution in [0.1, 0.15) is 35.7 Å². The molecule has 0 atom stereocenters. The van der Waals surface area contributed by atoms with E-state index in [0.717, 1.165) is 42.9 Å². The van der Waals surface area contributed by atoms with Gasteiger partial charge >= 0.3 is 0 Å². The summed E-state index contributed by atoms with van der Waals surface area (Å²) in [6, 6.07) is 15.5. The van der Waals surface area contributed by atoms with Gasteiger partial charge in [0.25, 0.3) is 0 Å². The Morgan fingerprint density at radius 1 is 1.28 bits per heavy atom. The lowest BCUT2D eigenvalue weighted by Gasteiger charge is -2.31. The van der Waals surface area contributed by atoms with Gasteiger partial charge in [-0.1, -0.05) is 18.2 Å². The highest BCUT2D eigenvalue weighted by Gasteiger charge is 2.23. The van der Waals surface area contributed by atoms with Crippen molar-refractivity contribution in [1.82, 2.24) is 9.88 Å². The van der Waals surface area contributed by atoms with Crippen LogP contribution >= 0.6 is 0 Å². The maximum Gasteiger partial charge on any atom is 0.238 e. The predicted octanol–water partition coefficient (Wildman–Crippen LogP) is 3.08. The summed E-state index contributed by atoms with van der Waals surface area (Å²) in [5.41, 5.74) is 3.43. The van der Waals surface area contributed by atoms with Gasteiger partial charge in [0.1, 0.15) is 11.8 Å². The van der Waals surface area contributed by atoms with Crippen LogP contribution in [0.4, 0.5) is 5.69 Å². The minimum absolute atomic E-state index is 0.0219. The van der Waals surface area contributed by atoms with Crippen LogP contribution in [0.5, 0.6) is 0 Å². The first-order valence-corrected chi connectivity index (χ1v) is 8.60.